The molecule has 0 bridgehead atoms. The van der Waals surface area contributed by atoms with Gasteiger partial charge in [0, 0.05) is 5.56 Å². The number of carbonyl (C=O) groups excluding carboxylic acids is 1. The number of hydrazone groups is 1. The van der Waals surface area contributed by atoms with Gasteiger partial charge in [-0.25, -0.2) is 5.43 Å². The maximum absolute atomic E-state index is 12.5. The summed E-state index contributed by atoms with van der Waals surface area (Å²) in [6.07, 6.45) is 1.52. The number of carbonyl (C=O) groups is 1. The number of benzene rings is 2. The van der Waals surface area contributed by atoms with Crippen LogP contribution in [-0.4, -0.2) is 18.9 Å². The first kappa shape index (κ1) is 17.6. The van der Waals surface area contributed by atoms with Gasteiger partial charge in [-0.3, -0.25) is 4.79 Å². The van der Waals surface area contributed by atoms with Crippen LogP contribution in [-0.2, 0) is 0 Å². The van der Waals surface area contributed by atoms with Crippen molar-refractivity contribution in [2.24, 2.45) is 5.10 Å². The maximum atomic E-state index is 12.5. The molecule has 2 heterocycles. The van der Waals surface area contributed by atoms with Gasteiger partial charge in [-0.05, 0) is 41.6 Å². The van der Waals surface area contributed by atoms with Crippen molar-refractivity contribution >= 4 is 35.1 Å². The molecule has 0 saturated heterocycles. The van der Waals surface area contributed by atoms with Gasteiger partial charge in [0.2, 0.25) is 6.79 Å². The second-order valence-electron chi connectivity index (χ2n) is 5.97. The van der Waals surface area contributed by atoms with Crippen LogP contribution in [0, 0.1) is 6.92 Å². The zero-order valence-corrected chi connectivity index (χ0v) is 15.9. The summed E-state index contributed by atoms with van der Waals surface area (Å²) in [4.78, 5) is 13.1. The Hall–Kier alpha value is -2.83. The van der Waals surface area contributed by atoms with E-state index in [1.54, 1.807) is 12.1 Å². The van der Waals surface area contributed by atoms with Crippen molar-refractivity contribution in [3.63, 3.8) is 0 Å². The molecule has 0 saturated carbocycles. The van der Waals surface area contributed by atoms with Crippen LogP contribution in [0.5, 0.6) is 11.5 Å². The average Bonchev–Trinajstić information content (AvgIpc) is 3.31. The van der Waals surface area contributed by atoms with Crippen LogP contribution >= 0.6 is 22.9 Å². The van der Waals surface area contributed by atoms with Crippen molar-refractivity contribution in [1.82, 2.24) is 5.43 Å². The molecule has 0 atom stereocenters. The summed E-state index contributed by atoms with van der Waals surface area (Å²) in [6, 6.07) is 13.5. The highest BCUT2D eigenvalue weighted by atomic mass is 35.5. The molecule has 0 aliphatic carbocycles. The lowest BCUT2D eigenvalue weighted by atomic mass is 10.1. The summed E-state index contributed by atoms with van der Waals surface area (Å²) in [5.41, 5.74) is 6.33. The van der Waals surface area contributed by atoms with Gasteiger partial charge in [0.05, 0.1) is 11.2 Å². The first-order valence-corrected chi connectivity index (χ1v) is 9.44. The van der Waals surface area contributed by atoms with E-state index in [4.69, 9.17) is 21.1 Å². The molecule has 0 unspecified atom stereocenters. The lowest BCUT2D eigenvalue weighted by molar-refractivity contribution is 0.0959. The molecule has 0 fully saturated rings. The summed E-state index contributed by atoms with van der Waals surface area (Å²) in [5.74, 6) is 0.832. The molecule has 27 heavy (non-hydrogen) atoms. The van der Waals surface area contributed by atoms with Gasteiger partial charge < -0.3 is 9.47 Å². The Kier molecular flexibility index (Phi) is 4.83. The molecular formula is C20H15ClN2O3S. The maximum Gasteiger partial charge on any atom is 0.282 e. The molecule has 0 radical (unpaired) electrons. The molecule has 5 nitrogen and oxygen atoms in total. The lowest BCUT2D eigenvalue weighted by Crippen LogP contribution is -2.17. The van der Waals surface area contributed by atoms with Gasteiger partial charge in [0.15, 0.2) is 11.5 Å². The van der Waals surface area contributed by atoms with E-state index in [0.29, 0.717) is 27.0 Å². The molecule has 7 heteroatoms. The third-order valence-corrected chi connectivity index (χ3v) is 5.26. The predicted octanol–water partition coefficient (Wildman–Crippen LogP) is 4.87. The Morgan fingerprint density at radius 3 is 2.85 bits per heavy atom. The van der Waals surface area contributed by atoms with Gasteiger partial charge >= 0.3 is 0 Å². The highest BCUT2D eigenvalue weighted by molar-refractivity contribution is 7.12. The van der Waals surface area contributed by atoms with Gasteiger partial charge in [0.1, 0.15) is 4.88 Å². The molecule has 136 valence electrons. The summed E-state index contributed by atoms with van der Waals surface area (Å²) < 4.78 is 10.6. The van der Waals surface area contributed by atoms with Gasteiger partial charge in [-0.2, -0.15) is 5.10 Å². The fourth-order valence-electron chi connectivity index (χ4n) is 2.72. The van der Waals surface area contributed by atoms with Gasteiger partial charge in [0.25, 0.3) is 5.91 Å². The molecule has 1 aliphatic heterocycles. The second-order valence-corrected chi connectivity index (χ2v) is 7.29. The highest BCUT2D eigenvalue weighted by Crippen LogP contribution is 2.39. The first-order chi connectivity index (χ1) is 13.1. The van der Waals surface area contributed by atoms with E-state index in [2.05, 4.69) is 10.5 Å². The van der Waals surface area contributed by atoms with Crippen molar-refractivity contribution in [2.45, 2.75) is 6.92 Å². The Balaban J connectivity index is 1.49. The predicted molar refractivity (Wildman–Crippen MR) is 107 cm³/mol. The van der Waals surface area contributed by atoms with E-state index in [0.717, 1.165) is 11.1 Å². The van der Waals surface area contributed by atoms with Crippen molar-refractivity contribution in [3.05, 3.63) is 68.9 Å². The molecule has 0 spiro atoms. The molecule has 1 amide bonds. The third kappa shape index (κ3) is 3.67. The summed E-state index contributed by atoms with van der Waals surface area (Å²) >= 11 is 7.52. The van der Waals surface area contributed by atoms with E-state index < -0.39 is 0 Å². The van der Waals surface area contributed by atoms with E-state index >= 15 is 0 Å². The number of amides is 1. The average molecular weight is 399 g/mol. The third-order valence-electron chi connectivity index (χ3n) is 4.06. The summed E-state index contributed by atoms with van der Waals surface area (Å²) in [7, 11) is 0. The number of hydrogen-bond donors (Lipinski definition) is 1. The van der Waals surface area contributed by atoms with E-state index in [9.17, 15) is 4.79 Å². The molecule has 1 aliphatic rings. The molecule has 1 aromatic heterocycles. The fourth-order valence-corrected chi connectivity index (χ4v) is 3.80. The first-order valence-electron chi connectivity index (χ1n) is 8.19. The van der Waals surface area contributed by atoms with Gasteiger partial charge in [-0.15, -0.1) is 11.3 Å². The monoisotopic (exact) mass is 398 g/mol. The number of aryl methyl sites for hydroxylation is 1. The van der Waals surface area contributed by atoms with E-state index in [1.807, 2.05) is 42.6 Å². The normalized spacial score (nSPS) is 12.5. The smallest absolute Gasteiger partial charge is 0.282 e. The molecule has 2 aromatic carbocycles. The number of fused-ring (bicyclic) bond motifs is 1. The molecule has 4 rings (SSSR count). The Labute approximate surface area is 165 Å². The highest BCUT2D eigenvalue weighted by Gasteiger charge is 2.18. The zero-order valence-electron chi connectivity index (χ0n) is 14.4. The molecular weight excluding hydrogens is 384 g/mol. The lowest BCUT2D eigenvalue weighted by Gasteiger charge is -2.04. The molecule has 1 N–H and O–H groups in total. The van der Waals surface area contributed by atoms with Crippen LogP contribution in [0.1, 0.15) is 20.8 Å². The Bertz CT molecular complexity index is 1030. The van der Waals surface area contributed by atoms with Crippen LogP contribution < -0.4 is 14.9 Å². The second kappa shape index (κ2) is 7.42. The van der Waals surface area contributed by atoms with Crippen LogP contribution in [0.3, 0.4) is 0 Å². The standard InChI is InChI=1S/C20H15ClN2O3S/c1-12-2-4-14(5-3-12)15-6-7-27-19(15)20(24)23-22-10-13-8-16(21)18-17(9-13)25-11-26-18/h2-10H,11H2,1H3,(H,23,24)/b22-10-. The Morgan fingerprint density at radius 1 is 1.22 bits per heavy atom. The Morgan fingerprint density at radius 2 is 2.04 bits per heavy atom. The quantitative estimate of drug-likeness (QED) is 0.503. The minimum absolute atomic E-state index is 0.145. The van der Waals surface area contributed by atoms with Crippen molar-refractivity contribution in [3.8, 4) is 22.6 Å². The van der Waals surface area contributed by atoms with Crippen LogP contribution in [0.2, 0.25) is 5.02 Å². The topological polar surface area (TPSA) is 59.9 Å². The van der Waals surface area contributed by atoms with Crippen LogP contribution in [0.25, 0.3) is 11.1 Å². The van der Waals surface area contributed by atoms with Crippen molar-refractivity contribution < 1.29 is 14.3 Å². The number of thiophene rings is 1. The fraction of sp³-hybridized carbons (Fsp3) is 0.100. The minimum atomic E-state index is -0.260. The largest absolute Gasteiger partial charge is 0.454 e. The summed E-state index contributed by atoms with van der Waals surface area (Å²) in [5, 5.41) is 6.38. The zero-order chi connectivity index (χ0) is 18.8. The number of ether oxygens (including phenoxy) is 2. The number of hydrogen-bond acceptors (Lipinski definition) is 5. The van der Waals surface area contributed by atoms with Gasteiger partial charge in [-0.1, -0.05) is 41.4 Å². The molecule has 3 aromatic rings. The number of halogens is 1. The SMILES string of the molecule is Cc1ccc(-c2ccsc2C(=O)N/N=C\c2cc(Cl)c3c(c2)OCO3)cc1. The van der Waals surface area contributed by atoms with E-state index in [1.165, 1.54) is 23.1 Å². The number of nitrogens with zero attached hydrogens (tertiary/aromatic N) is 1. The van der Waals surface area contributed by atoms with Crippen LogP contribution in [0.15, 0.2) is 52.9 Å². The number of nitrogens with one attached hydrogen (secondary N) is 1. The number of rotatable bonds is 4. The summed E-state index contributed by atoms with van der Waals surface area (Å²) in [6.45, 7) is 2.18. The van der Waals surface area contributed by atoms with Crippen molar-refractivity contribution in [2.75, 3.05) is 6.79 Å². The van der Waals surface area contributed by atoms with E-state index in [-0.39, 0.29) is 12.7 Å². The van der Waals surface area contributed by atoms with Crippen molar-refractivity contribution in [1.29, 1.82) is 0 Å². The van der Waals surface area contributed by atoms with Crippen LogP contribution in [0.4, 0.5) is 0 Å². The minimum Gasteiger partial charge on any atom is -0.454 e.